The van der Waals surface area contributed by atoms with E-state index in [2.05, 4.69) is 40.4 Å². The van der Waals surface area contributed by atoms with Gasteiger partial charge < -0.3 is 5.11 Å². The van der Waals surface area contributed by atoms with Gasteiger partial charge in [-0.2, -0.15) is 0 Å². The minimum atomic E-state index is -0.855. The highest BCUT2D eigenvalue weighted by molar-refractivity contribution is 6.09. The standard InChI is InChI=1S/C22H15N3O/c23-25-24-21-17-8-4-3-7-16(17)19-12-18-14(11-20(19)22(21)26)10-9-13-5-1-2-6-15(13)18/h1-12,21-22,26H/t21-,22-/m1/s1. The zero-order valence-electron chi connectivity index (χ0n) is 13.9. The van der Waals surface area contributed by atoms with E-state index >= 15 is 0 Å². The number of rotatable bonds is 1. The van der Waals surface area contributed by atoms with Crippen LogP contribution in [-0.4, -0.2) is 5.11 Å². The highest BCUT2D eigenvalue weighted by Crippen LogP contribution is 2.48. The summed E-state index contributed by atoms with van der Waals surface area (Å²) in [6.45, 7) is 0. The Balaban J connectivity index is 1.89. The van der Waals surface area contributed by atoms with Crippen LogP contribution in [0, 0.1) is 0 Å². The Hall–Kier alpha value is -3.33. The van der Waals surface area contributed by atoms with Crippen LogP contribution in [0.1, 0.15) is 23.3 Å². The zero-order valence-corrected chi connectivity index (χ0v) is 13.9. The lowest BCUT2D eigenvalue weighted by atomic mass is 9.79. The van der Waals surface area contributed by atoms with Crippen LogP contribution in [0.2, 0.25) is 0 Å². The van der Waals surface area contributed by atoms with Crippen LogP contribution < -0.4 is 0 Å². The summed E-state index contributed by atoms with van der Waals surface area (Å²) in [7, 11) is 0. The number of aliphatic hydroxyl groups excluding tert-OH is 1. The molecule has 4 aromatic carbocycles. The Morgan fingerprint density at radius 3 is 2.42 bits per heavy atom. The molecule has 0 saturated heterocycles. The lowest BCUT2D eigenvalue weighted by Gasteiger charge is -2.30. The van der Waals surface area contributed by atoms with Gasteiger partial charge in [-0.05, 0) is 61.5 Å². The van der Waals surface area contributed by atoms with Crippen molar-refractivity contribution in [2.24, 2.45) is 5.11 Å². The summed E-state index contributed by atoms with van der Waals surface area (Å²) in [5, 5.41) is 19.4. The fraction of sp³-hybridized carbons (Fsp3) is 0.0909. The summed E-state index contributed by atoms with van der Waals surface area (Å²) in [6, 6.07) is 23.9. The predicted molar refractivity (Wildman–Crippen MR) is 104 cm³/mol. The van der Waals surface area contributed by atoms with E-state index in [0.29, 0.717) is 0 Å². The molecular formula is C22H15N3O. The molecule has 0 unspecified atom stereocenters. The van der Waals surface area contributed by atoms with Crippen LogP contribution in [0.3, 0.4) is 0 Å². The largest absolute Gasteiger partial charge is 0.388 e. The van der Waals surface area contributed by atoms with E-state index in [0.717, 1.165) is 33.0 Å². The molecule has 0 aromatic heterocycles. The van der Waals surface area contributed by atoms with E-state index in [1.807, 2.05) is 42.5 Å². The topological polar surface area (TPSA) is 69.0 Å². The number of nitrogens with zero attached hydrogens (tertiary/aromatic N) is 3. The van der Waals surface area contributed by atoms with Crippen molar-refractivity contribution < 1.29 is 5.11 Å². The molecule has 0 saturated carbocycles. The summed E-state index contributed by atoms with van der Waals surface area (Å²) < 4.78 is 0. The molecule has 124 valence electrons. The minimum Gasteiger partial charge on any atom is -0.388 e. The van der Waals surface area contributed by atoms with Gasteiger partial charge in [-0.15, -0.1) is 0 Å². The molecule has 0 heterocycles. The lowest BCUT2D eigenvalue weighted by molar-refractivity contribution is 0.146. The molecule has 4 heteroatoms. The Morgan fingerprint density at radius 1 is 0.769 bits per heavy atom. The van der Waals surface area contributed by atoms with Crippen LogP contribution in [0.4, 0.5) is 0 Å². The molecule has 2 atom stereocenters. The molecule has 4 nitrogen and oxygen atoms in total. The third-order valence-corrected chi connectivity index (χ3v) is 5.28. The molecule has 0 aliphatic heterocycles. The van der Waals surface area contributed by atoms with Crippen molar-refractivity contribution >= 4 is 21.5 Å². The van der Waals surface area contributed by atoms with Gasteiger partial charge in [0.1, 0.15) is 0 Å². The van der Waals surface area contributed by atoms with Crippen LogP contribution in [0.15, 0.2) is 77.9 Å². The Kier molecular flexibility index (Phi) is 3.22. The van der Waals surface area contributed by atoms with Crippen LogP contribution in [0.5, 0.6) is 0 Å². The average molecular weight is 337 g/mol. The van der Waals surface area contributed by atoms with Gasteiger partial charge in [0.25, 0.3) is 0 Å². The Labute approximate surface area is 150 Å². The van der Waals surface area contributed by atoms with Crippen molar-refractivity contribution in [3.8, 4) is 11.1 Å². The predicted octanol–water partition coefficient (Wildman–Crippen LogP) is 6.06. The van der Waals surface area contributed by atoms with Crippen molar-refractivity contribution in [1.29, 1.82) is 0 Å². The van der Waals surface area contributed by atoms with Crippen molar-refractivity contribution in [2.45, 2.75) is 12.1 Å². The first-order valence-electron chi connectivity index (χ1n) is 8.55. The summed E-state index contributed by atoms with van der Waals surface area (Å²) >= 11 is 0. The maximum atomic E-state index is 10.9. The van der Waals surface area contributed by atoms with Crippen molar-refractivity contribution in [2.75, 3.05) is 0 Å². The molecular weight excluding hydrogens is 322 g/mol. The minimum absolute atomic E-state index is 0.610. The first kappa shape index (κ1) is 15.0. The summed E-state index contributed by atoms with van der Waals surface area (Å²) in [5.41, 5.74) is 12.6. The maximum absolute atomic E-state index is 10.9. The van der Waals surface area contributed by atoms with Crippen molar-refractivity contribution in [3.05, 3.63) is 94.4 Å². The van der Waals surface area contributed by atoms with E-state index in [1.165, 1.54) is 10.8 Å². The molecule has 1 N–H and O–H groups in total. The third kappa shape index (κ3) is 2.04. The first-order valence-corrected chi connectivity index (χ1v) is 8.55. The number of fused-ring (bicyclic) bond motifs is 6. The van der Waals surface area contributed by atoms with Gasteiger partial charge in [0.2, 0.25) is 0 Å². The average Bonchev–Trinajstić information content (AvgIpc) is 2.70. The highest BCUT2D eigenvalue weighted by Gasteiger charge is 2.32. The fourth-order valence-corrected chi connectivity index (χ4v) is 4.07. The van der Waals surface area contributed by atoms with Crippen molar-refractivity contribution in [1.82, 2.24) is 0 Å². The quantitative estimate of drug-likeness (QED) is 0.195. The summed E-state index contributed by atoms with van der Waals surface area (Å²) in [4.78, 5) is 2.95. The van der Waals surface area contributed by atoms with E-state index in [4.69, 9.17) is 5.53 Å². The molecule has 26 heavy (non-hydrogen) atoms. The lowest BCUT2D eigenvalue weighted by Crippen LogP contribution is -2.15. The highest BCUT2D eigenvalue weighted by atomic mass is 16.3. The number of hydrogen-bond donors (Lipinski definition) is 1. The molecule has 0 bridgehead atoms. The second-order valence-corrected chi connectivity index (χ2v) is 6.63. The van der Waals surface area contributed by atoms with Gasteiger partial charge in [-0.1, -0.05) is 65.8 Å². The number of azide groups is 1. The molecule has 1 aliphatic rings. The number of hydrogen-bond acceptors (Lipinski definition) is 2. The second-order valence-electron chi connectivity index (χ2n) is 6.63. The normalized spacial score (nSPS) is 18.2. The van der Waals surface area contributed by atoms with Crippen molar-refractivity contribution in [3.63, 3.8) is 0 Å². The van der Waals surface area contributed by atoms with Gasteiger partial charge in [0.05, 0.1) is 12.1 Å². The molecule has 0 fully saturated rings. The molecule has 1 aliphatic carbocycles. The SMILES string of the molecule is [N-]=[N+]=N[C@@H]1c2ccccc2-c2cc3c(ccc4ccccc43)cc2[C@H]1O. The number of aliphatic hydroxyl groups is 1. The molecule has 5 rings (SSSR count). The van der Waals surface area contributed by atoms with Gasteiger partial charge in [0, 0.05) is 4.91 Å². The van der Waals surface area contributed by atoms with Gasteiger partial charge >= 0.3 is 0 Å². The van der Waals surface area contributed by atoms with Crippen LogP contribution >= 0.6 is 0 Å². The van der Waals surface area contributed by atoms with Gasteiger partial charge in [-0.25, -0.2) is 0 Å². The fourth-order valence-electron chi connectivity index (χ4n) is 4.07. The molecule has 0 amide bonds. The second kappa shape index (κ2) is 5.60. The summed E-state index contributed by atoms with van der Waals surface area (Å²) in [6.07, 6.45) is -0.855. The Morgan fingerprint density at radius 2 is 1.54 bits per heavy atom. The zero-order chi connectivity index (χ0) is 17.7. The number of benzene rings is 4. The van der Waals surface area contributed by atoms with E-state index < -0.39 is 12.1 Å². The third-order valence-electron chi connectivity index (χ3n) is 5.28. The monoisotopic (exact) mass is 337 g/mol. The molecule has 4 aromatic rings. The van der Waals surface area contributed by atoms with E-state index in [1.54, 1.807) is 0 Å². The molecule has 0 spiro atoms. The first-order chi connectivity index (χ1) is 12.8. The Bertz CT molecular complexity index is 1220. The van der Waals surface area contributed by atoms with Gasteiger partial charge in [-0.3, -0.25) is 0 Å². The van der Waals surface area contributed by atoms with Crippen LogP contribution in [-0.2, 0) is 0 Å². The van der Waals surface area contributed by atoms with E-state index in [9.17, 15) is 5.11 Å². The summed E-state index contributed by atoms with van der Waals surface area (Å²) in [5.74, 6) is 0. The van der Waals surface area contributed by atoms with Crippen LogP contribution in [0.25, 0.3) is 43.1 Å². The van der Waals surface area contributed by atoms with E-state index in [-0.39, 0.29) is 0 Å². The molecule has 0 radical (unpaired) electrons. The smallest absolute Gasteiger partial charge is 0.0932 e. The maximum Gasteiger partial charge on any atom is 0.0932 e. The van der Waals surface area contributed by atoms with Gasteiger partial charge in [0.15, 0.2) is 0 Å².